The normalized spacial score (nSPS) is 20.7. The summed E-state index contributed by atoms with van der Waals surface area (Å²) in [5.41, 5.74) is 1.17. The predicted octanol–water partition coefficient (Wildman–Crippen LogP) is 2.78. The second kappa shape index (κ2) is 7.84. The van der Waals surface area contributed by atoms with Crippen LogP contribution in [0.3, 0.4) is 0 Å². The van der Waals surface area contributed by atoms with Gasteiger partial charge in [0.2, 0.25) is 5.91 Å². The quantitative estimate of drug-likeness (QED) is 0.441. The number of rotatable bonds is 4. The van der Waals surface area contributed by atoms with Crippen LogP contribution in [0, 0.1) is 20.8 Å². The van der Waals surface area contributed by atoms with Crippen molar-refractivity contribution >= 4 is 46.2 Å². The number of carbonyl (C=O) groups is 2. The molecule has 0 fully saturated rings. The molecule has 1 aromatic rings. The molecule has 0 saturated carbocycles. The molecule has 2 rings (SSSR count). The van der Waals surface area contributed by atoms with E-state index < -0.39 is 23.7 Å². The number of benzene rings is 1. The first-order valence-corrected chi connectivity index (χ1v) is 9.25. The number of thioether (sulfide) groups is 1. The smallest absolute Gasteiger partial charge is 0.319 e. The van der Waals surface area contributed by atoms with Crippen LogP contribution < -0.4 is 5.32 Å². The van der Waals surface area contributed by atoms with E-state index in [1.807, 2.05) is 24.3 Å². The number of nitriles is 1. The zero-order valence-corrected chi connectivity index (χ0v) is 15.6. The van der Waals surface area contributed by atoms with Crippen LogP contribution in [0.5, 0.6) is 0 Å². The minimum atomic E-state index is -1.06. The van der Waals surface area contributed by atoms with E-state index in [4.69, 9.17) is 4.74 Å². The minimum absolute atomic E-state index is 0.183. The number of hydrogen-bond acceptors (Lipinski definition) is 5. The Hall–Kier alpha value is -1.53. The van der Waals surface area contributed by atoms with Crippen molar-refractivity contribution < 1.29 is 14.3 Å². The molecule has 0 radical (unpaired) electrons. The third-order valence-corrected chi connectivity index (χ3v) is 5.23. The molecule has 0 saturated heterocycles. The highest BCUT2D eigenvalue weighted by molar-refractivity contribution is 14.1. The lowest BCUT2D eigenvalue weighted by Crippen LogP contribution is -2.44. The molecule has 5 nitrogen and oxygen atoms in total. The lowest BCUT2D eigenvalue weighted by atomic mass is 9.78. The number of amides is 1. The molecule has 120 valence electrons. The molecule has 1 aromatic carbocycles. The van der Waals surface area contributed by atoms with Gasteiger partial charge in [-0.15, -0.1) is 11.8 Å². The summed E-state index contributed by atoms with van der Waals surface area (Å²) in [6, 6.07) is 9.60. The average Bonchev–Trinajstić information content (AvgIpc) is 2.54. The Morgan fingerprint density at radius 1 is 1.48 bits per heavy atom. The van der Waals surface area contributed by atoms with Crippen molar-refractivity contribution in [1.82, 2.24) is 5.32 Å². The molecule has 1 aliphatic heterocycles. The van der Waals surface area contributed by atoms with Gasteiger partial charge in [0.15, 0.2) is 0 Å². The van der Waals surface area contributed by atoms with Crippen LogP contribution >= 0.6 is 34.4 Å². The van der Waals surface area contributed by atoms with Crippen molar-refractivity contribution in [3.63, 3.8) is 0 Å². The SMILES string of the molecule is CCOC(=O)C1C(=O)NC(SC)=C(C#N)C1c1ccccc1I. The van der Waals surface area contributed by atoms with Gasteiger partial charge in [-0.2, -0.15) is 5.26 Å². The Morgan fingerprint density at radius 2 is 2.17 bits per heavy atom. The maximum Gasteiger partial charge on any atom is 0.319 e. The van der Waals surface area contributed by atoms with E-state index in [2.05, 4.69) is 34.0 Å². The molecular weight excluding hydrogens is 427 g/mol. The monoisotopic (exact) mass is 442 g/mol. The summed E-state index contributed by atoms with van der Waals surface area (Å²) in [6.07, 6.45) is 1.78. The summed E-state index contributed by atoms with van der Waals surface area (Å²) in [7, 11) is 0. The van der Waals surface area contributed by atoms with Crippen LogP contribution in [0.15, 0.2) is 34.9 Å². The summed E-state index contributed by atoms with van der Waals surface area (Å²) >= 11 is 3.43. The Bertz CT molecular complexity index is 712. The molecule has 1 N–H and O–H groups in total. The first-order chi connectivity index (χ1) is 11.0. The third kappa shape index (κ3) is 3.53. The molecule has 1 heterocycles. The first kappa shape index (κ1) is 17.8. The predicted molar refractivity (Wildman–Crippen MR) is 96.3 cm³/mol. The average molecular weight is 442 g/mol. The number of allylic oxidation sites excluding steroid dienone is 1. The third-order valence-electron chi connectivity index (χ3n) is 3.51. The van der Waals surface area contributed by atoms with Gasteiger partial charge < -0.3 is 10.1 Å². The Kier molecular flexibility index (Phi) is 6.07. The van der Waals surface area contributed by atoms with Crippen LogP contribution in [-0.4, -0.2) is 24.7 Å². The van der Waals surface area contributed by atoms with Crippen LogP contribution in [0.25, 0.3) is 0 Å². The molecule has 2 unspecified atom stereocenters. The van der Waals surface area contributed by atoms with Gasteiger partial charge in [0.25, 0.3) is 0 Å². The standard InChI is InChI=1S/C16H15IN2O3S/c1-3-22-16(21)13-12(9-6-4-5-7-11(9)17)10(8-18)15(23-2)19-14(13)20/h4-7,12-13H,3H2,1-2H3,(H,19,20). The lowest BCUT2D eigenvalue weighted by molar-refractivity contribution is -0.152. The maximum atomic E-state index is 12.5. The van der Waals surface area contributed by atoms with E-state index in [-0.39, 0.29) is 6.61 Å². The number of nitrogens with one attached hydrogen (secondary N) is 1. The number of ether oxygens (including phenoxy) is 1. The second-order valence-electron chi connectivity index (χ2n) is 4.78. The number of halogens is 1. The summed E-state index contributed by atoms with van der Waals surface area (Å²) < 4.78 is 5.96. The van der Waals surface area contributed by atoms with E-state index in [1.54, 1.807) is 13.2 Å². The highest BCUT2D eigenvalue weighted by Crippen LogP contribution is 2.41. The largest absolute Gasteiger partial charge is 0.465 e. The van der Waals surface area contributed by atoms with Gasteiger partial charge in [-0.25, -0.2) is 0 Å². The topological polar surface area (TPSA) is 79.2 Å². The second-order valence-corrected chi connectivity index (χ2v) is 6.76. The van der Waals surface area contributed by atoms with Crippen molar-refractivity contribution in [2.45, 2.75) is 12.8 Å². The van der Waals surface area contributed by atoms with E-state index >= 15 is 0 Å². The number of carbonyl (C=O) groups excluding carboxylic acids is 2. The van der Waals surface area contributed by atoms with E-state index in [1.165, 1.54) is 11.8 Å². The molecule has 23 heavy (non-hydrogen) atoms. The molecule has 2 atom stereocenters. The molecule has 1 aliphatic rings. The van der Waals surface area contributed by atoms with Crippen LogP contribution in [0.1, 0.15) is 18.4 Å². The molecule has 0 spiro atoms. The van der Waals surface area contributed by atoms with E-state index in [9.17, 15) is 14.9 Å². The lowest BCUT2D eigenvalue weighted by Gasteiger charge is -2.31. The molecule has 1 amide bonds. The fourth-order valence-electron chi connectivity index (χ4n) is 2.54. The van der Waals surface area contributed by atoms with Crippen molar-refractivity contribution in [2.75, 3.05) is 12.9 Å². The molecule has 0 aromatic heterocycles. The highest BCUT2D eigenvalue weighted by Gasteiger charge is 2.44. The van der Waals surface area contributed by atoms with Gasteiger partial charge >= 0.3 is 5.97 Å². The molecule has 0 aliphatic carbocycles. The van der Waals surface area contributed by atoms with Gasteiger partial charge in [0.1, 0.15) is 5.92 Å². The zero-order valence-electron chi connectivity index (χ0n) is 12.6. The Labute approximate surface area is 152 Å². The van der Waals surface area contributed by atoms with Gasteiger partial charge in [0, 0.05) is 9.49 Å². The Morgan fingerprint density at radius 3 is 2.74 bits per heavy atom. The van der Waals surface area contributed by atoms with Gasteiger partial charge in [0.05, 0.1) is 23.3 Å². The summed E-state index contributed by atoms with van der Waals surface area (Å²) in [5.74, 6) is -2.74. The van der Waals surface area contributed by atoms with Crippen molar-refractivity contribution in [3.8, 4) is 6.07 Å². The zero-order chi connectivity index (χ0) is 17.0. The fourth-order valence-corrected chi connectivity index (χ4v) is 3.85. The van der Waals surface area contributed by atoms with Gasteiger partial charge in [-0.1, -0.05) is 18.2 Å². The van der Waals surface area contributed by atoms with Gasteiger partial charge in [-0.3, -0.25) is 9.59 Å². The number of hydrogen-bond donors (Lipinski definition) is 1. The van der Waals surface area contributed by atoms with Crippen LogP contribution in [-0.2, 0) is 14.3 Å². The highest BCUT2D eigenvalue weighted by atomic mass is 127. The van der Waals surface area contributed by atoms with Crippen molar-refractivity contribution in [2.24, 2.45) is 5.92 Å². The summed E-state index contributed by atoms with van der Waals surface area (Å²) in [6.45, 7) is 1.87. The number of esters is 1. The number of nitrogens with zero attached hydrogens (tertiary/aromatic N) is 1. The molecular formula is C16H15IN2O3S. The van der Waals surface area contributed by atoms with Crippen LogP contribution in [0.4, 0.5) is 0 Å². The summed E-state index contributed by atoms with van der Waals surface area (Å²) in [4.78, 5) is 24.8. The molecule has 7 heteroatoms. The van der Waals surface area contributed by atoms with Crippen molar-refractivity contribution in [3.05, 3.63) is 44.0 Å². The van der Waals surface area contributed by atoms with Crippen LogP contribution in [0.2, 0.25) is 0 Å². The van der Waals surface area contributed by atoms with E-state index in [0.29, 0.717) is 10.6 Å². The van der Waals surface area contributed by atoms with Crippen molar-refractivity contribution in [1.29, 1.82) is 5.26 Å². The van der Waals surface area contributed by atoms with E-state index in [0.717, 1.165) is 9.13 Å². The first-order valence-electron chi connectivity index (χ1n) is 6.95. The fraction of sp³-hybridized carbons (Fsp3) is 0.312. The maximum absolute atomic E-state index is 12.5. The minimum Gasteiger partial charge on any atom is -0.465 e. The van der Waals surface area contributed by atoms with Gasteiger partial charge in [-0.05, 0) is 47.4 Å². The Balaban J connectivity index is 2.64. The summed E-state index contributed by atoms with van der Waals surface area (Å²) in [5, 5.41) is 12.7. The molecule has 0 bridgehead atoms.